The molecule has 0 saturated carbocycles. The van der Waals surface area contributed by atoms with Crippen molar-refractivity contribution in [3.05, 3.63) is 71.3 Å². The Labute approximate surface area is 150 Å². The van der Waals surface area contributed by atoms with Crippen molar-refractivity contribution in [3.63, 3.8) is 0 Å². The molecule has 0 fully saturated rings. The standard InChI is InChI=1S/C20H25NO2.ClH/c1-15(21-16(2)18-7-5-4-6-8-18)9-10-17-11-13-19(14-12-17)20(22)23-3;/h4-8,11-16,21H,9-10H2,1-3H3;1H/t15?,16-;/m0./s1. The highest BCUT2D eigenvalue weighted by Crippen LogP contribution is 2.14. The van der Waals surface area contributed by atoms with Crippen LogP contribution >= 0.6 is 12.4 Å². The first-order valence-electron chi connectivity index (χ1n) is 8.08. The normalized spacial score (nSPS) is 12.8. The van der Waals surface area contributed by atoms with Crippen molar-refractivity contribution in [3.8, 4) is 0 Å². The van der Waals surface area contributed by atoms with E-state index < -0.39 is 0 Å². The highest BCUT2D eigenvalue weighted by molar-refractivity contribution is 5.89. The number of esters is 1. The third-order valence-electron chi connectivity index (χ3n) is 4.08. The van der Waals surface area contributed by atoms with Crippen molar-refractivity contribution in [2.75, 3.05) is 7.11 Å². The van der Waals surface area contributed by atoms with Crippen molar-refractivity contribution in [2.24, 2.45) is 0 Å². The first-order valence-corrected chi connectivity index (χ1v) is 8.08. The lowest BCUT2D eigenvalue weighted by molar-refractivity contribution is 0.0600. The molecule has 0 aliphatic rings. The molecule has 3 nitrogen and oxygen atoms in total. The molecule has 0 amide bonds. The molecule has 2 rings (SSSR count). The number of ether oxygens (including phenoxy) is 1. The molecule has 4 heteroatoms. The SMILES string of the molecule is COC(=O)c1ccc(CCC(C)N[C@@H](C)c2ccccc2)cc1.Cl. The summed E-state index contributed by atoms with van der Waals surface area (Å²) in [6, 6.07) is 18.9. The van der Waals surface area contributed by atoms with E-state index in [1.807, 2.05) is 30.3 Å². The van der Waals surface area contributed by atoms with Gasteiger partial charge >= 0.3 is 5.97 Å². The maximum Gasteiger partial charge on any atom is 0.337 e. The van der Waals surface area contributed by atoms with E-state index >= 15 is 0 Å². The Kier molecular flexibility index (Phi) is 8.51. The zero-order valence-corrected chi connectivity index (χ0v) is 15.3. The molecule has 24 heavy (non-hydrogen) atoms. The second kappa shape index (κ2) is 10.1. The summed E-state index contributed by atoms with van der Waals surface area (Å²) in [5.74, 6) is -0.289. The Bertz CT molecular complexity index is 613. The van der Waals surface area contributed by atoms with E-state index in [9.17, 15) is 4.79 Å². The lowest BCUT2D eigenvalue weighted by atomic mass is 10.0. The Balaban J connectivity index is 0.00000288. The number of hydrogen-bond donors (Lipinski definition) is 1. The fraction of sp³-hybridized carbons (Fsp3) is 0.350. The molecule has 2 aromatic rings. The van der Waals surface area contributed by atoms with Gasteiger partial charge in [-0.3, -0.25) is 0 Å². The number of carbonyl (C=O) groups excluding carboxylic acids is 1. The minimum Gasteiger partial charge on any atom is -0.465 e. The van der Waals surface area contributed by atoms with Gasteiger partial charge in [-0.15, -0.1) is 12.4 Å². The highest BCUT2D eigenvalue weighted by Gasteiger charge is 2.10. The van der Waals surface area contributed by atoms with E-state index in [1.165, 1.54) is 18.2 Å². The summed E-state index contributed by atoms with van der Waals surface area (Å²) in [7, 11) is 1.40. The van der Waals surface area contributed by atoms with Gasteiger partial charge in [-0.25, -0.2) is 4.79 Å². The second-order valence-electron chi connectivity index (χ2n) is 5.93. The largest absolute Gasteiger partial charge is 0.465 e. The summed E-state index contributed by atoms with van der Waals surface area (Å²) in [6.45, 7) is 4.40. The third kappa shape index (κ3) is 5.99. The van der Waals surface area contributed by atoms with Gasteiger partial charge in [-0.2, -0.15) is 0 Å². The smallest absolute Gasteiger partial charge is 0.337 e. The molecule has 0 saturated heterocycles. The van der Waals surface area contributed by atoms with Crippen LogP contribution in [0.3, 0.4) is 0 Å². The molecule has 0 spiro atoms. The topological polar surface area (TPSA) is 38.3 Å². The Morgan fingerprint density at radius 3 is 2.25 bits per heavy atom. The maximum absolute atomic E-state index is 11.4. The first-order chi connectivity index (χ1) is 11.1. The number of methoxy groups -OCH3 is 1. The van der Waals surface area contributed by atoms with Crippen molar-refractivity contribution in [1.82, 2.24) is 5.32 Å². The van der Waals surface area contributed by atoms with E-state index in [-0.39, 0.29) is 18.4 Å². The van der Waals surface area contributed by atoms with Gasteiger partial charge in [0.15, 0.2) is 0 Å². The number of benzene rings is 2. The maximum atomic E-state index is 11.4. The molecule has 0 bridgehead atoms. The summed E-state index contributed by atoms with van der Waals surface area (Å²) >= 11 is 0. The monoisotopic (exact) mass is 347 g/mol. The summed E-state index contributed by atoms with van der Waals surface area (Å²) in [4.78, 5) is 11.4. The van der Waals surface area contributed by atoms with Crippen LogP contribution in [0.25, 0.3) is 0 Å². The van der Waals surface area contributed by atoms with Crippen molar-refractivity contribution in [1.29, 1.82) is 0 Å². The highest BCUT2D eigenvalue weighted by atomic mass is 35.5. The number of rotatable bonds is 7. The molecule has 0 aliphatic carbocycles. The fourth-order valence-corrected chi connectivity index (χ4v) is 2.66. The van der Waals surface area contributed by atoms with Crippen LogP contribution < -0.4 is 5.32 Å². The second-order valence-corrected chi connectivity index (χ2v) is 5.93. The Hall–Kier alpha value is -1.84. The Morgan fingerprint density at radius 2 is 1.67 bits per heavy atom. The van der Waals surface area contributed by atoms with E-state index in [0.717, 1.165) is 12.8 Å². The molecule has 2 atom stereocenters. The minimum absolute atomic E-state index is 0. The molecule has 1 N–H and O–H groups in total. The van der Waals surface area contributed by atoms with Crippen LogP contribution in [0.2, 0.25) is 0 Å². The van der Waals surface area contributed by atoms with Gasteiger partial charge in [-0.1, -0.05) is 42.5 Å². The lowest BCUT2D eigenvalue weighted by Gasteiger charge is -2.20. The van der Waals surface area contributed by atoms with Gasteiger partial charge in [-0.05, 0) is 49.9 Å². The van der Waals surface area contributed by atoms with E-state index in [1.54, 1.807) is 0 Å². The summed E-state index contributed by atoms with van der Waals surface area (Å²) in [5, 5.41) is 3.63. The molecular formula is C20H26ClNO2. The minimum atomic E-state index is -0.289. The molecule has 130 valence electrons. The van der Waals surface area contributed by atoms with Crippen LogP contribution in [-0.4, -0.2) is 19.1 Å². The van der Waals surface area contributed by atoms with Gasteiger partial charge < -0.3 is 10.1 Å². The van der Waals surface area contributed by atoms with E-state index in [0.29, 0.717) is 17.6 Å². The number of carbonyl (C=O) groups is 1. The van der Waals surface area contributed by atoms with Gasteiger partial charge in [0.25, 0.3) is 0 Å². The zero-order valence-electron chi connectivity index (χ0n) is 14.5. The van der Waals surface area contributed by atoms with Crippen LogP contribution in [0.15, 0.2) is 54.6 Å². The summed E-state index contributed by atoms with van der Waals surface area (Å²) in [5.41, 5.74) is 3.14. The molecular weight excluding hydrogens is 322 g/mol. The molecule has 0 heterocycles. The number of nitrogens with one attached hydrogen (secondary N) is 1. The predicted molar refractivity (Wildman–Crippen MR) is 101 cm³/mol. The molecule has 2 aromatic carbocycles. The molecule has 0 aromatic heterocycles. The van der Waals surface area contributed by atoms with Crippen LogP contribution in [0.1, 0.15) is 47.8 Å². The van der Waals surface area contributed by atoms with Crippen molar-refractivity contribution < 1.29 is 9.53 Å². The van der Waals surface area contributed by atoms with Crippen molar-refractivity contribution >= 4 is 18.4 Å². The average Bonchev–Trinajstić information content (AvgIpc) is 2.60. The van der Waals surface area contributed by atoms with Gasteiger partial charge in [0.2, 0.25) is 0 Å². The molecule has 0 aliphatic heterocycles. The number of aryl methyl sites for hydroxylation is 1. The van der Waals surface area contributed by atoms with E-state index in [4.69, 9.17) is 4.74 Å². The summed E-state index contributed by atoms with van der Waals surface area (Å²) < 4.78 is 4.71. The first kappa shape index (κ1) is 20.2. The Morgan fingerprint density at radius 1 is 1.04 bits per heavy atom. The molecule has 0 radical (unpaired) electrons. The predicted octanol–water partition coefficient (Wildman–Crippen LogP) is 4.57. The molecule has 1 unspecified atom stereocenters. The quantitative estimate of drug-likeness (QED) is 0.746. The van der Waals surface area contributed by atoms with Crippen LogP contribution in [0, 0.1) is 0 Å². The lowest BCUT2D eigenvalue weighted by Crippen LogP contribution is -2.29. The van der Waals surface area contributed by atoms with Gasteiger partial charge in [0, 0.05) is 12.1 Å². The number of hydrogen-bond acceptors (Lipinski definition) is 3. The van der Waals surface area contributed by atoms with Crippen LogP contribution in [-0.2, 0) is 11.2 Å². The van der Waals surface area contributed by atoms with Gasteiger partial charge in [0.05, 0.1) is 12.7 Å². The van der Waals surface area contributed by atoms with Crippen molar-refractivity contribution in [2.45, 2.75) is 38.8 Å². The zero-order chi connectivity index (χ0) is 16.7. The average molecular weight is 348 g/mol. The van der Waals surface area contributed by atoms with Gasteiger partial charge in [0.1, 0.15) is 0 Å². The fourth-order valence-electron chi connectivity index (χ4n) is 2.66. The van der Waals surface area contributed by atoms with Crippen LogP contribution in [0.4, 0.5) is 0 Å². The van der Waals surface area contributed by atoms with E-state index in [2.05, 4.69) is 43.4 Å². The number of halogens is 1. The third-order valence-corrected chi connectivity index (χ3v) is 4.08. The summed E-state index contributed by atoms with van der Waals surface area (Å²) in [6.07, 6.45) is 2.03. The van der Waals surface area contributed by atoms with Crippen LogP contribution in [0.5, 0.6) is 0 Å².